The largest absolute Gasteiger partial charge is 0.507 e. The smallest absolute Gasteiger partial charge is 0.300 e. The Morgan fingerprint density at radius 3 is 2.26 bits per heavy atom. The van der Waals surface area contributed by atoms with Gasteiger partial charge in [0.05, 0.1) is 18.2 Å². The summed E-state index contributed by atoms with van der Waals surface area (Å²) in [5.41, 5.74) is 1.83. The van der Waals surface area contributed by atoms with Crippen molar-refractivity contribution in [3.63, 3.8) is 0 Å². The average Bonchev–Trinajstić information content (AvgIpc) is 3.59. The van der Waals surface area contributed by atoms with Crippen molar-refractivity contribution in [3.8, 4) is 5.75 Å². The molecule has 1 unspecified atom stereocenters. The summed E-state index contributed by atoms with van der Waals surface area (Å²) in [5.74, 6) is -1.94. The number of hydrogen-bond acceptors (Lipinski definition) is 5. The van der Waals surface area contributed by atoms with Crippen LogP contribution in [0.2, 0.25) is 0 Å². The van der Waals surface area contributed by atoms with E-state index in [1.54, 1.807) is 48.5 Å². The van der Waals surface area contributed by atoms with Gasteiger partial charge < -0.3 is 14.7 Å². The van der Waals surface area contributed by atoms with Crippen LogP contribution in [0.3, 0.4) is 0 Å². The Morgan fingerprint density at radius 2 is 1.59 bits per heavy atom. The topological polar surface area (TPSA) is 70.1 Å². The van der Waals surface area contributed by atoms with E-state index in [1.165, 1.54) is 17.0 Å². The minimum Gasteiger partial charge on any atom is -0.507 e. The predicted molar refractivity (Wildman–Crippen MR) is 151 cm³/mol. The summed E-state index contributed by atoms with van der Waals surface area (Å²) in [6.07, 6.45) is 5.39. The first kappa shape index (κ1) is 26.5. The molecule has 0 spiro atoms. The summed E-state index contributed by atoms with van der Waals surface area (Å²) in [6.45, 7) is 4.66. The molecule has 2 fully saturated rings. The zero-order valence-corrected chi connectivity index (χ0v) is 22.1. The molecule has 2 aliphatic heterocycles. The van der Waals surface area contributed by atoms with Crippen LogP contribution in [0.1, 0.15) is 56.2 Å². The van der Waals surface area contributed by atoms with E-state index in [2.05, 4.69) is 11.8 Å². The number of aliphatic hydroxyl groups is 1. The van der Waals surface area contributed by atoms with Gasteiger partial charge in [-0.05, 0) is 73.9 Å². The maximum absolute atomic E-state index is 15.1. The fraction of sp³-hybridized carbons (Fsp3) is 0.312. The first-order valence-corrected chi connectivity index (χ1v) is 13.6. The number of aliphatic hydroxyl groups excluding tert-OH is 1. The van der Waals surface area contributed by atoms with Crippen LogP contribution in [0.15, 0.2) is 78.4 Å². The number of carbonyl (C=O) groups is 2. The summed E-state index contributed by atoms with van der Waals surface area (Å²) in [4.78, 5) is 30.3. The lowest BCUT2D eigenvalue weighted by Crippen LogP contribution is -2.30. The molecule has 3 aromatic carbocycles. The number of ether oxygens (including phenoxy) is 1. The number of rotatable bonds is 9. The van der Waals surface area contributed by atoms with Gasteiger partial charge in [0.2, 0.25) is 0 Å². The number of nitrogens with zero attached hydrogens (tertiary/aromatic N) is 2. The van der Waals surface area contributed by atoms with Crippen molar-refractivity contribution in [2.45, 2.75) is 45.1 Å². The van der Waals surface area contributed by atoms with E-state index in [0.29, 0.717) is 23.6 Å². The van der Waals surface area contributed by atoms with Gasteiger partial charge in [0, 0.05) is 35.6 Å². The minimum absolute atomic E-state index is 0.137. The number of unbranched alkanes of at least 4 members (excludes halogenated alkanes) is 2. The van der Waals surface area contributed by atoms with Gasteiger partial charge in [-0.1, -0.05) is 38.0 Å². The molecule has 3 aromatic rings. The third kappa shape index (κ3) is 5.39. The summed E-state index contributed by atoms with van der Waals surface area (Å²) >= 11 is 0. The second-order valence-electron chi connectivity index (χ2n) is 9.98. The second-order valence-corrected chi connectivity index (χ2v) is 9.98. The monoisotopic (exact) mass is 528 g/mol. The maximum atomic E-state index is 15.1. The van der Waals surface area contributed by atoms with Crippen LogP contribution < -0.4 is 14.5 Å². The normalized spacial score (nSPS) is 18.7. The first-order valence-electron chi connectivity index (χ1n) is 13.6. The van der Waals surface area contributed by atoms with E-state index in [0.717, 1.165) is 50.9 Å². The molecule has 7 heteroatoms. The molecule has 1 N–H and O–H groups in total. The maximum Gasteiger partial charge on any atom is 0.300 e. The van der Waals surface area contributed by atoms with Gasteiger partial charge in [-0.15, -0.1) is 0 Å². The standard InChI is InChI=1S/C32H33FN2O4/c1-2-3-8-21-39-25-17-11-22(12-18-25)30(36)28-29(26-9-4-5-10-27(26)33)35(32(38)31(28)37)24-15-13-23(14-16-24)34-19-6-7-20-34/h4-5,9-18,29,36H,2-3,6-8,19-21H2,1H3/b30-28+. The number of anilines is 2. The Balaban J connectivity index is 1.52. The highest BCUT2D eigenvalue weighted by Crippen LogP contribution is 2.43. The predicted octanol–water partition coefficient (Wildman–Crippen LogP) is 6.62. The van der Waals surface area contributed by atoms with Crippen molar-refractivity contribution in [2.24, 2.45) is 0 Å². The van der Waals surface area contributed by atoms with Crippen molar-refractivity contribution < 1.29 is 23.8 Å². The van der Waals surface area contributed by atoms with E-state index in [4.69, 9.17) is 4.74 Å². The SMILES string of the molecule is CCCCCOc1ccc(/C(O)=C2\C(=O)C(=O)N(c3ccc(N4CCCC4)cc3)C2c2ccccc2F)cc1. The molecule has 1 atom stereocenters. The van der Waals surface area contributed by atoms with Crippen molar-refractivity contribution in [3.05, 3.63) is 95.3 Å². The van der Waals surface area contributed by atoms with Gasteiger partial charge in [0.25, 0.3) is 11.7 Å². The lowest BCUT2D eigenvalue weighted by atomic mass is 9.94. The van der Waals surface area contributed by atoms with E-state index in [1.807, 2.05) is 12.1 Å². The van der Waals surface area contributed by atoms with Crippen LogP contribution in [0.25, 0.3) is 5.76 Å². The number of carbonyl (C=O) groups excluding carboxylic acids is 2. The molecule has 202 valence electrons. The fourth-order valence-electron chi connectivity index (χ4n) is 5.30. The quantitative estimate of drug-likeness (QED) is 0.146. The van der Waals surface area contributed by atoms with Crippen molar-refractivity contribution in [1.29, 1.82) is 0 Å². The number of hydrogen-bond donors (Lipinski definition) is 1. The van der Waals surface area contributed by atoms with Gasteiger partial charge in [-0.2, -0.15) is 0 Å². The number of halogens is 1. The number of amides is 1. The van der Waals surface area contributed by atoms with E-state index < -0.39 is 23.5 Å². The number of Topliss-reactive ketones (excluding diaryl/α,β-unsaturated/α-hetero) is 1. The van der Waals surface area contributed by atoms with E-state index >= 15 is 4.39 Å². The zero-order chi connectivity index (χ0) is 27.4. The van der Waals surface area contributed by atoms with E-state index in [-0.39, 0.29) is 16.9 Å². The molecule has 0 aliphatic carbocycles. The molecule has 39 heavy (non-hydrogen) atoms. The van der Waals surface area contributed by atoms with Crippen molar-refractivity contribution in [1.82, 2.24) is 0 Å². The molecular weight excluding hydrogens is 495 g/mol. The van der Waals surface area contributed by atoms with Gasteiger partial charge >= 0.3 is 0 Å². The van der Waals surface area contributed by atoms with Crippen LogP contribution in [-0.2, 0) is 9.59 Å². The molecule has 2 saturated heterocycles. The first-order chi connectivity index (χ1) is 19.0. The Hall–Kier alpha value is -4.13. The average molecular weight is 529 g/mol. The third-order valence-corrected chi connectivity index (χ3v) is 7.39. The van der Waals surface area contributed by atoms with Crippen molar-refractivity contribution in [2.75, 3.05) is 29.5 Å². The van der Waals surface area contributed by atoms with Crippen LogP contribution >= 0.6 is 0 Å². The number of ketones is 1. The molecule has 2 heterocycles. The van der Waals surface area contributed by atoms with Gasteiger partial charge in [0.1, 0.15) is 17.3 Å². The molecule has 6 nitrogen and oxygen atoms in total. The van der Waals surface area contributed by atoms with Gasteiger partial charge in [-0.25, -0.2) is 4.39 Å². The second kappa shape index (κ2) is 11.7. The lowest BCUT2D eigenvalue weighted by molar-refractivity contribution is -0.132. The molecule has 5 rings (SSSR count). The Kier molecular flexibility index (Phi) is 7.96. The molecule has 0 aromatic heterocycles. The van der Waals surface area contributed by atoms with Gasteiger partial charge in [0.15, 0.2) is 0 Å². The highest BCUT2D eigenvalue weighted by Gasteiger charge is 2.47. The molecular formula is C32H33FN2O4. The third-order valence-electron chi connectivity index (χ3n) is 7.39. The molecule has 2 aliphatic rings. The van der Waals surface area contributed by atoms with Crippen LogP contribution in [0.5, 0.6) is 5.75 Å². The van der Waals surface area contributed by atoms with Gasteiger partial charge in [-0.3, -0.25) is 14.5 Å². The molecule has 0 radical (unpaired) electrons. The summed E-state index contributed by atoms with van der Waals surface area (Å²) in [5, 5.41) is 11.3. The van der Waals surface area contributed by atoms with Crippen LogP contribution in [0, 0.1) is 5.82 Å². The molecule has 0 bridgehead atoms. The fourth-order valence-corrected chi connectivity index (χ4v) is 5.30. The number of benzene rings is 3. The Labute approximate surface area is 228 Å². The minimum atomic E-state index is -1.12. The lowest BCUT2D eigenvalue weighted by Gasteiger charge is -2.26. The van der Waals surface area contributed by atoms with Crippen molar-refractivity contribution >= 4 is 28.8 Å². The molecule has 1 amide bonds. The Morgan fingerprint density at radius 1 is 0.923 bits per heavy atom. The summed E-state index contributed by atoms with van der Waals surface area (Å²) < 4.78 is 20.9. The van der Waals surface area contributed by atoms with E-state index in [9.17, 15) is 14.7 Å². The van der Waals surface area contributed by atoms with Crippen LogP contribution in [-0.4, -0.2) is 36.5 Å². The van der Waals surface area contributed by atoms with Crippen LogP contribution in [0.4, 0.5) is 15.8 Å². The Bertz CT molecular complexity index is 1360. The highest BCUT2D eigenvalue weighted by atomic mass is 19.1. The summed E-state index contributed by atoms with van der Waals surface area (Å²) in [6, 6.07) is 19.0. The molecule has 0 saturated carbocycles. The zero-order valence-electron chi connectivity index (χ0n) is 22.1. The highest BCUT2D eigenvalue weighted by molar-refractivity contribution is 6.51. The summed E-state index contributed by atoms with van der Waals surface area (Å²) in [7, 11) is 0.